The molecule has 0 saturated carbocycles. The van der Waals surface area contributed by atoms with Crippen molar-refractivity contribution in [2.24, 2.45) is 0 Å². The quantitative estimate of drug-likeness (QED) is 0.454. The van der Waals surface area contributed by atoms with E-state index in [2.05, 4.69) is 16.7 Å². The number of hydrogen-bond acceptors (Lipinski definition) is 7. The summed E-state index contributed by atoms with van der Waals surface area (Å²) in [5, 5.41) is 20.9. The summed E-state index contributed by atoms with van der Waals surface area (Å²) in [5.74, 6) is 0.197. The molecule has 0 aromatic heterocycles. The van der Waals surface area contributed by atoms with Crippen LogP contribution in [0.1, 0.15) is 79.1 Å². The zero-order valence-electron chi connectivity index (χ0n) is 24.1. The van der Waals surface area contributed by atoms with Gasteiger partial charge in [-0.2, -0.15) is 0 Å². The van der Waals surface area contributed by atoms with Crippen molar-refractivity contribution in [3.05, 3.63) is 0 Å². The molecule has 2 saturated heterocycles. The van der Waals surface area contributed by atoms with Crippen LogP contribution in [0.25, 0.3) is 0 Å². The first-order valence-electron chi connectivity index (χ1n) is 13.7. The minimum absolute atomic E-state index is 0.0941. The molecule has 0 bridgehead atoms. The zero-order chi connectivity index (χ0) is 27.8. The SMILES string of the molecule is CCC(=O)N(C)CC1(O)CCCN(C)C1.CCC=O.CCCN1CCCC(O)(CN(C)C(=O)CC)C1. The molecule has 2 heterocycles. The molecule has 9 heteroatoms. The predicted octanol–water partition coefficient (Wildman–Crippen LogP) is 2.00. The van der Waals surface area contributed by atoms with E-state index in [0.717, 1.165) is 58.0 Å². The van der Waals surface area contributed by atoms with Crippen molar-refractivity contribution in [1.82, 2.24) is 19.6 Å². The third kappa shape index (κ3) is 13.7. The Bertz CT molecular complexity index is 648. The highest BCUT2D eigenvalue weighted by Crippen LogP contribution is 2.23. The Kier molecular flexibility index (Phi) is 17.1. The van der Waals surface area contributed by atoms with E-state index < -0.39 is 11.2 Å². The van der Waals surface area contributed by atoms with Crippen molar-refractivity contribution >= 4 is 18.1 Å². The first-order chi connectivity index (χ1) is 16.9. The van der Waals surface area contributed by atoms with Crippen LogP contribution in [0.4, 0.5) is 0 Å². The standard InChI is InChI=1S/C13H26N2O2.C11H22N2O2.C3H6O/c1-4-8-15-9-6-7-13(17,11-15)10-14(3)12(16)5-2;1-4-10(14)13(3)9-11(15)6-5-7-12(2)8-11;1-2-3-4/h17H,4-11H2,1-3H3;15H,4-9H2,1-3H3;3H,2H2,1H3. The van der Waals surface area contributed by atoms with E-state index in [4.69, 9.17) is 0 Å². The Morgan fingerprint density at radius 3 is 1.69 bits per heavy atom. The molecule has 2 aliphatic heterocycles. The van der Waals surface area contributed by atoms with Gasteiger partial charge < -0.3 is 34.6 Å². The monoisotopic (exact) mass is 514 g/mol. The van der Waals surface area contributed by atoms with Crippen molar-refractivity contribution in [3.63, 3.8) is 0 Å². The molecule has 2 aliphatic rings. The van der Waals surface area contributed by atoms with E-state index in [0.29, 0.717) is 45.4 Å². The zero-order valence-corrected chi connectivity index (χ0v) is 24.1. The molecule has 0 aromatic rings. The summed E-state index contributed by atoms with van der Waals surface area (Å²) in [4.78, 5) is 39.8. The Hall–Kier alpha value is -1.55. The highest BCUT2D eigenvalue weighted by atomic mass is 16.3. The minimum atomic E-state index is -0.716. The van der Waals surface area contributed by atoms with Crippen molar-refractivity contribution < 1.29 is 24.6 Å². The van der Waals surface area contributed by atoms with Crippen LogP contribution in [-0.2, 0) is 14.4 Å². The number of likely N-dealkylation sites (tertiary alicyclic amines) is 2. The van der Waals surface area contributed by atoms with E-state index in [1.54, 1.807) is 23.9 Å². The molecule has 212 valence electrons. The first-order valence-corrected chi connectivity index (χ1v) is 13.7. The maximum absolute atomic E-state index is 11.5. The fraction of sp³-hybridized carbons (Fsp3) is 0.889. The van der Waals surface area contributed by atoms with Gasteiger partial charge in [0.2, 0.25) is 11.8 Å². The molecule has 2 unspecified atom stereocenters. The second kappa shape index (κ2) is 17.8. The second-order valence-corrected chi connectivity index (χ2v) is 10.5. The average Bonchev–Trinajstić information content (AvgIpc) is 2.83. The van der Waals surface area contributed by atoms with Crippen LogP contribution in [0.5, 0.6) is 0 Å². The van der Waals surface area contributed by atoms with Crippen molar-refractivity contribution in [2.45, 2.75) is 90.3 Å². The van der Waals surface area contributed by atoms with Crippen molar-refractivity contribution in [1.29, 1.82) is 0 Å². The van der Waals surface area contributed by atoms with E-state index in [9.17, 15) is 24.6 Å². The van der Waals surface area contributed by atoms with E-state index >= 15 is 0 Å². The highest BCUT2D eigenvalue weighted by Gasteiger charge is 2.35. The maximum atomic E-state index is 11.5. The summed E-state index contributed by atoms with van der Waals surface area (Å²) >= 11 is 0. The lowest BCUT2D eigenvalue weighted by molar-refractivity contribution is -0.135. The highest BCUT2D eigenvalue weighted by molar-refractivity contribution is 5.75. The van der Waals surface area contributed by atoms with Gasteiger partial charge in [-0.15, -0.1) is 0 Å². The van der Waals surface area contributed by atoms with Gasteiger partial charge in [-0.1, -0.05) is 27.7 Å². The third-order valence-corrected chi connectivity index (χ3v) is 6.61. The summed E-state index contributed by atoms with van der Waals surface area (Å²) in [6.45, 7) is 13.1. The number of piperidine rings is 2. The number of carbonyl (C=O) groups excluding carboxylic acids is 3. The van der Waals surface area contributed by atoms with Crippen LogP contribution >= 0.6 is 0 Å². The Morgan fingerprint density at radius 1 is 0.861 bits per heavy atom. The van der Waals surface area contributed by atoms with Gasteiger partial charge in [0.15, 0.2) is 0 Å². The van der Waals surface area contributed by atoms with Gasteiger partial charge in [-0.25, -0.2) is 0 Å². The average molecular weight is 515 g/mol. The molecule has 9 nitrogen and oxygen atoms in total. The number of aldehydes is 1. The van der Waals surface area contributed by atoms with Gasteiger partial charge in [0, 0.05) is 46.4 Å². The summed E-state index contributed by atoms with van der Waals surface area (Å²) in [7, 11) is 5.55. The third-order valence-electron chi connectivity index (χ3n) is 6.61. The molecule has 2 N–H and O–H groups in total. The molecule has 36 heavy (non-hydrogen) atoms. The Labute approximate surface area is 219 Å². The fourth-order valence-corrected chi connectivity index (χ4v) is 4.91. The van der Waals surface area contributed by atoms with Crippen molar-refractivity contribution in [2.75, 3.05) is 67.0 Å². The lowest BCUT2D eigenvalue weighted by Gasteiger charge is -2.41. The van der Waals surface area contributed by atoms with Crippen LogP contribution in [0.3, 0.4) is 0 Å². The van der Waals surface area contributed by atoms with E-state index in [-0.39, 0.29) is 11.8 Å². The van der Waals surface area contributed by atoms with Gasteiger partial charge in [0.1, 0.15) is 6.29 Å². The molecule has 0 radical (unpaired) electrons. The molecule has 0 aliphatic carbocycles. The molecule has 2 fully saturated rings. The lowest BCUT2D eigenvalue weighted by atomic mass is 9.92. The smallest absolute Gasteiger partial charge is 0.222 e. The summed E-state index contributed by atoms with van der Waals surface area (Å²) in [6, 6.07) is 0. The van der Waals surface area contributed by atoms with E-state index in [1.165, 1.54) is 0 Å². The Balaban J connectivity index is 0.000000596. The van der Waals surface area contributed by atoms with Gasteiger partial charge >= 0.3 is 0 Å². The molecule has 2 atom stereocenters. The van der Waals surface area contributed by atoms with Crippen LogP contribution in [0, 0.1) is 0 Å². The number of amides is 2. The van der Waals surface area contributed by atoms with Crippen LogP contribution in [0.15, 0.2) is 0 Å². The number of aliphatic hydroxyl groups is 2. The number of carbonyl (C=O) groups is 3. The first kappa shape index (κ1) is 34.5. The number of hydrogen-bond donors (Lipinski definition) is 2. The van der Waals surface area contributed by atoms with Gasteiger partial charge in [0.05, 0.1) is 24.3 Å². The fourth-order valence-electron chi connectivity index (χ4n) is 4.91. The van der Waals surface area contributed by atoms with Crippen LogP contribution in [-0.4, -0.2) is 126 Å². The summed E-state index contributed by atoms with van der Waals surface area (Å²) in [5.41, 5.74) is -1.43. The van der Waals surface area contributed by atoms with Gasteiger partial charge in [-0.3, -0.25) is 9.59 Å². The molecule has 0 spiro atoms. The van der Waals surface area contributed by atoms with Gasteiger partial charge in [0.25, 0.3) is 0 Å². The topological polar surface area (TPSA) is 105 Å². The largest absolute Gasteiger partial charge is 0.387 e. The predicted molar refractivity (Wildman–Crippen MR) is 145 cm³/mol. The number of nitrogens with zero attached hydrogens (tertiary/aromatic N) is 4. The van der Waals surface area contributed by atoms with Crippen LogP contribution in [0.2, 0.25) is 0 Å². The molecular weight excluding hydrogens is 460 g/mol. The summed E-state index contributed by atoms with van der Waals surface area (Å²) < 4.78 is 0. The summed E-state index contributed by atoms with van der Waals surface area (Å²) in [6.07, 6.45) is 7.24. The molecular formula is C27H54N4O5. The number of likely N-dealkylation sites (N-methyl/N-ethyl adjacent to an activating group) is 3. The normalized spacial score (nSPS) is 24.5. The van der Waals surface area contributed by atoms with Crippen LogP contribution < -0.4 is 0 Å². The molecule has 2 amide bonds. The maximum Gasteiger partial charge on any atom is 0.222 e. The minimum Gasteiger partial charge on any atom is -0.387 e. The number of β-amino-alcohol motifs (C(OH)–C–C–N with tert-alkyl or cyclic N) is 2. The lowest BCUT2D eigenvalue weighted by Crippen LogP contribution is -2.54. The second-order valence-electron chi connectivity index (χ2n) is 10.5. The number of rotatable bonds is 9. The molecule has 0 aromatic carbocycles. The van der Waals surface area contributed by atoms with Crippen molar-refractivity contribution in [3.8, 4) is 0 Å². The van der Waals surface area contributed by atoms with E-state index in [1.807, 2.05) is 27.8 Å². The van der Waals surface area contributed by atoms with Gasteiger partial charge in [-0.05, 0) is 58.8 Å². The molecule has 2 rings (SSSR count). The Morgan fingerprint density at radius 2 is 1.31 bits per heavy atom.